The highest BCUT2D eigenvalue weighted by atomic mass is 32.1. The minimum absolute atomic E-state index is 0.0964. The quantitative estimate of drug-likeness (QED) is 0.625. The second kappa shape index (κ2) is 5.34. The fourth-order valence-corrected chi connectivity index (χ4v) is 2.27. The van der Waals surface area contributed by atoms with Crippen molar-refractivity contribution in [2.24, 2.45) is 5.18 Å². The van der Waals surface area contributed by atoms with Gasteiger partial charge in [-0.1, -0.05) is 11.3 Å². The number of aromatic nitrogens is 3. The molecule has 106 valence electrons. The Bertz CT molecular complexity index is 716. The first-order chi connectivity index (χ1) is 10.2. The molecule has 1 aliphatic rings. The van der Waals surface area contributed by atoms with Crippen molar-refractivity contribution >= 4 is 34.4 Å². The number of hydroxylamine groups is 3. The summed E-state index contributed by atoms with van der Waals surface area (Å²) in [6.07, 6.45) is 6.02. The highest BCUT2D eigenvalue weighted by molar-refractivity contribution is 7.16. The van der Waals surface area contributed by atoms with Gasteiger partial charge in [-0.2, -0.15) is 0 Å². The lowest BCUT2D eigenvalue weighted by molar-refractivity contribution is -0.122. The summed E-state index contributed by atoms with van der Waals surface area (Å²) in [5.41, 5.74) is 0.267. The van der Waals surface area contributed by atoms with Crippen LogP contribution in [0.2, 0.25) is 0 Å². The van der Waals surface area contributed by atoms with Crippen LogP contribution >= 0.6 is 11.3 Å². The molecule has 9 nitrogen and oxygen atoms in total. The zero-order valence-electron chi connectivity index (χ0n) is 10.7. The topological polar surface area (TPSA) is 101 Å². The average Bonchev–Trinajstić information content (AvgIpc) is 3.08. The molecule has 0 atom stereocenters. The number of nitrogens with zero attached hydrogens (tertiary/aromatic N) is 6. The normalized spacial score (nSPS) is 16.8. The monoisotopic (exact) mass is 304 g/mol. The number of rotatable bonds is 3. The number of thiazole rings is 1. The van der Waals surface area contributed by atoms with Gasteiger partial charge in [-0.15, -0.1) is 14.9 Å². The number of hydrogen-bond acceptors (Lipinski definition) is 9. The zero-order valence-corrected chi connectivity index (χ0v) is 11.5. The van der Waals surface area contributed by atoms with Crippen LogP contribution < -0.4 is 5.06 Å². The zero-order chi connectivity index (χ0) is 14.8. The third-order valence-corrected chi connectivity index (χ3v) is 3.37. The summed E-state index contributed by atoms with van der Waals surface area (Å²) in [6, 6.07) is 1.63. The predicted molar refractivity (Wildman–Crippen MR) is 73.9 cm³/mol. The van der Waals surface area contributed by atoms with Gasteiger partial charge in [0.2, 0.25) is 0 Å². The van der Waals surface area contributed by atoms with Crippen LogP contribution in [0.3, 0.4) is 0 Å². The Hall–Kier alpha value is -2.72. The SMILES string of the molecule is CN1ON(c2ncccn2)C(=O)/C1=C/c1cnc(N=O)s1. The molecule has 0 aliphatic carbocycles. The predicted octanol–water partition coefficient (Wildman–Crippen LogP) is 1.50. The molecule has 2 aromatic heterocycles. The number of carbonyl (C=O) groups excluding carboxylic acids is 1. The molecular formula is C11H8N6O3S. The maximum atomic E-state index is 12.3. The van der Waals surface area contributed by atoms with Crippen LogP contribution in [0.4, 0.5) is 11.1 Å². The van der Waals surface area contributed by atoms with Crippen LogP contribution in [0, 0.1) is 4.91 Å². The van der Waals surface area contributed by atoms with Gasteiger partial charge >= 0.3 is 5.91 Å². The molecular weight excluding hydrogens is 296 g/mol. The molecule has 0 unspecified atom stereocenters. The fraction of sp³-hybridized carbons (Fsp3) is 0.0909. The van der Waals surface area contributed by atoms with E-state index >= 15 is 0 Å². The van der Waals surface area contributed by atoms with E-state index in [1.54, 1.807) is 19.2 Å². The molecule has 0 N–H and O–H groups in total. The molecule has 1 saturated heterocycles. The molecule has 1 aliphatic heterocycles. The number of amides is 1. The fourth-order valence-electron chi connectivity index (χ4n) is 1.64. The number of carbonyl (C=O) groups is 1. The molecule has 10 heteroatoms. The van der Waals surface area contributed by atoms with Crippen molar-refractivity contribution in [3.8, 4) is 0 Å². The lowest BCUT2D eigenvalue weighted by Gasteiger charge is -2.11. The molecule has 2 aromatic rings. The Morgan fingerprint density at radius 3 is 2.76 bits per heavy atom. The molecule has 0 saturated carbocycles. The second-order valence-electron chi connectivity index (χ2n) is 3.89. The van der Waals surface area contributed by atoms with Crippen molar-refractivity contribution in [1.29, 1.82) is 0 Å². The Labute approximate surface area is 122 Å². The Morgan fingerprint density at radius 1 is 1.33 bits per heavy atom. The molecule has 1 fully saturated rings. The van der Waals surface area contributed by atoms with Gasteiger partial charge in [-0.3, -0.25) is 4.79 Å². The lowest BCUT2D eigenvalue weighted by atomic mass is 10.3. The molecule has 0 spiro atoms. The van der Waals surface area contributed by atoms with E-state index in [2.05, 4.69) is 20.1 Å². The van der Waals surface area contributed by atoms with Crippen molar-refractivity contribution < 1.29 is 9.73 Å². The van der Waals surface area contributed by atoms with E-state index in [1.807, 2.05) is 0 Å². The Balaban J connectivity index is 1.90. The van der Waals surface area contributed by atoms with Gasteiger partial charge in [0.1, 0.15) is 5.70 Å². The van der Waals surface area contributed by atoms with E-state index in [1.165, 1.54) is 23.7 Å². The minimum Gasteiger partial charge on any atom is -0.264 e. The first kappa shape index (κ1) is 13.3. The first-order valence-corrected chi connectivity index (χ1v) is 6.55. The van der Waals surface area contributed by atoms with E-state index in [4.69, 9.17) is 4.94 Å². The van der Waals surface area contributed by atoms with Gasteiger partial charge in [0, 0.05) is 30.8 Å². The summed E-state index contributed by atoms with van der Waals surface area (Å²) < 4.78 is 0. The Morgan fingerprint density at radius 2 is 2.10 bits per heavy atom. The molecule has 3 heterocycles. The molecule has 21 heavy (non-hydrogen) atoms. The van der Waals surface area contributed by atoms with E-state index in [9.17, 15) is 9.70 Å². The van der Waals surface area contributed by atoms with Gasteiger partial charge in [-0.05, 0) is 12.1 Å². The average molecular weight is 304 g/mol. The largest absolute Gasteiger partial charge is 0.305 e. The van der Waals surface area contributed by atoms with Gasteiger partial charge in [0.05, 0.1) is 4.88 Å². The lowest BCUT2D eigenvalue weighted by Crippen LogP contribution is -2.25. The van der Waals surface area contributed by atoms with Crippen LogP contribution in [0.5, 0.6) is 0 Å². The van der Waals surface area contributed by atoms with E-state index in [0.29, 0.717) is 4.88 Å². The van der Waals surface area contributed by atoms with Crippen LogP contribution in [-0.4, -0.2) is 33.0 Å². The standard InChI is InChI=1S/C11H8N6O3S/c1-16-8(5-7-6-14-11(15-19)21-7)9(18)17(20-16)10-12-3-2-4-13-10/h2-6H,1H3/b8-5-. The highest BCUT2D eigenvalue weighted by Crippen LogP contribution is 2.27. The third kappa shape index (κ3) is 2.49. The number of nitroso groups, excluding NO2 is 1. The summed E-state index contributed by atoms with van der Waals surface area (Å²) in [5.74, 6) is -0.282. The summed E-state index contributed by atoms with van der Waals surface area (Å²) in [4.78, 5) is 40.3. The molecule has 0 radical (unpaired) electrons. The summed E-state index contributed by atoms with van der Waals surface area (Å²) >= 11 is 1.07. The van der Waals surface area contributed by atoms with Crippen molar-refractivity contribution in [2.75, 3.05) is 12.1 Å². The summed E-state index contributed by atoms with van der Waals surface area (Å²) in [7, 11) is 1.58. The molecule has 0 aromatic carbocycles. The maximum Gasteiger partial charge on any atom is 0.305 e. The van der Waals surface area contributed by atoms with E-state index < -0.39 is 5.91 Å². The van der Waals surface area contributed by atoms with Crippen LogP contribution in [-0.2, 0) is 9.73 Å². The van der Waals surface area contributed by atoms with Crippen molar-refractivity contribution in [3.63, 3.8) is 0 Å². The number of anilines is 1. The van der Waals surface area contributed by atoms with Crippen LogP contribution in [0.15, 0.2) is 35.5 Å². The first-order valence-electron chi connectivity index (χ1n) is 5.73. The molecule has 1 amide bonds. The number of likely N-dealkylation sites (N-methyl/N-ethyl adjacent to an activating group) is 1. The third-order valence-electron chi connectivity index (χ3n) is 2.55. The smallest absolute Gasteiger partial charge is 0.264 e. The van der Waals surface area contributed by atoms with Gasteiger partial charge < -0.3 is 0 Å². The summed E-state index contributed by atoms with van der Waals surface area (Å²) in [5, 5.41) is 5.09. The van der Waals surface area contributed by atoms with Crippen molar-refractivity contribution in [3.05, 3.63) is 40.1 Å². The summed E-state index contributed by atoms with van der Waals surface area (Å²) in [6.45, 7) is 0. The highest BCUT2D eigenvalue weighted by Gasteiger charge is 2.35. The molecule has 0 bridgehead atoms. The van der Waals surface area contributed by atoms with Crippen molar-refractivity contribution in [1.82, 2.24) is 20.0 Å². The maximum absolute atomic E-state index is 12.3. The van der Waals surface area contributed by atoms with E-state index in [0.717, 1.165) is 16.4 Å². The minimum atomic E-state index is -0.419. The van der Waals surface area contributed by atoms with Gasteiger partial charge in [-0.25, -0.2) is 20.0 Å². The van der Waals surface area contributed by atoms with Gasteiger partial charge in [0.15, 0.2) is 0 Å². The molecule has 3 rings (SSSR count). The number of hydrogen-bond donors (Lipinski definition) is 0. The van der Waals surface area contributed by atoms with E-state index in [-0.39, 0.29) is 16.8 Å². The van der Waals surface area contributed by atoms with Crippen LogP contribution in [0.25, 0.3) is 6.08 Å². The second-order valence-corrected chi connectivity index (χ2v) is 4.93. The van der Waals surface area contributed by atoms with Gasteiger partial charge in [0.25, 0.3) is 11.1 Å². The van der Waals surface area contributed by atoms with Crippen LogP contribution in [0.1, 0.15) is 4.88 Å². The van der Waals surface area contributed by atoms with Crippen molar-refractivity contribution in [2.45, 2.75) is 0 Å². The Kier molecular flexibility index (Phi) is 3.38.